The number of fused-ring (bicyclic) bond motifs is 7. The molecule has 0 radical (unpaired) electrons. The average molecular weight is 627 g/mol. The predicted molar refractivity (Wildman–Crippen MR) is 201 cm³/mol. The van der Waals surface area contributed by atoms with E-state index in [0.29, 0.717) is 5.82 Å². The summed E-state index contributed by atoms with van der Waals surface area (Å²) >= 11 is 0. The summed E-state index contributed by atoms with van der Waals surface area (Å²) in [5, 5.41) is 3.19. The molecular formula is C46H30N2O. The predicted octanol–water partition coefficient (Wildman–Crippen LogP) is 11.9. The molecule has 9 aromatic rings. The van der Waals surface area contributed by atoms with E-state index in [0.717, 1.165) is 55.2 Å². The lowest BCUT2D eigenvalue weighted by atomic mass is 9.74. The zero-order chi connectivity index (χ0) is 32.5. The first-order valence-electron chi connectivity index (χ1n) is 16.7. The van der Waals surface area contributed by atoms with E-state index in [2.05, 4.69) is 159 Å². The average Bonchev–Trinajstić information content (AvgIpc) is 3.66. The van der Waals surface area contributed by atoms with Crippen LogP contribution in [0.3, 0.4) is 0 Å². The molecule has 7 aromatic carbocycles. The number of hydrogen-bond donors (Lipinski definition) is 0. The van der Waals surface area contributed by atoms with E-state index < -0.39 is 0 Å². The first kappa shape index (κ1) is 27.8. The van der Waals surface area contributed by atoms with E-state index in [-0.39, 0.29) is 5.41 Å². The number of nitrogens with zero attached hydrogens (tertiary/aromatic N) is 2. The van der Waals surface area contributed by atoms with Gasteiger partial charge in [-0.25, -0.2) is 9.97 Å². The largest absolute Gasteiger partial charge is 0.456 e. The molecule has 3 heteroatoms. The maximum absolute atomic E-state index is 6.54. The molecule has 230 valence electrons. The fourth-order valence-corrected chi connectivity index (χ4v) is 7.86. The lowest BCUT2D eigenvalue weighted by molar-refractivity contribution is 0.668. The second-order valence-electron chi connectivity index (χ2n) is 13.1. The van der Waals surface area contributed by atoms with Crippen molar-refractivity contribution in [3.8, 4) is 44.9 Å². The Balaban J connectivity index is 1.17. The SMILES string of the molecule is CC1(c2ccccc2)c2ccccc2-c2cc3oc4ccc(-c5nc(-c6ccccc6)c6cc(-c7ccccc7)ccc6n5)cc4c3cc21. The molecule has 0 saturated carbocycles. The van der Waals surface area contributed by atoms with Crippen LogP contribution in [-0.2, 0) is 5.41 Å². The summed E-state index contributed by atoms with van der Waals surface area (Å²) in [5.41, 5.74) is 14.0. The van der Waals surface area contributed by atoms with Crippen LogP contribution in [0.2, 0.25) is 0 Å². The van der Waals surface area contributed by atoms with E-state index in [1.807, 2.05) is 12.1 Å². The molecule has 1 aliphatic carbocycles. The summed E-state index contributed by atoms with van der Waals surface area (Å²) in [6, 6.07) is 57.9. The molecule has 0 N–H and O–H groups in total. The number of rotatable bonds is 4. The second-order valence-corrected chi connectivity index (χ2v) is 13.1. The van der Waals surface area contributed by atoms with Crippen LogP contribution in [0.4, 0.5) is 0 Å². The van der Waals surface area contributed by atoms with Crippen molar-refractivity contribution < 1.29 is 4.42 Å². The summed E-state index contributed by atoms with van der Waals surface area (Å²) in [6.45, 7) is 2.35. The minimum atomic E-state index is -0.284. The van der Waals surface area contributed by atoms with Crippen molar-refractivity contribution in [2.75, 3.05) is 0 Å². The van der Waals surface area contributed by atoms with Crippen molar-refractivity contribution in [3.63, 3.8) is 0 Å². The lowest BCUT2D eigenvalue weighted by Crippen LogP contribution is -2.22. The summed E-state index contributed by atoms with van der Waals surface area (Å²) in [6.07, 6.45) is 0. The van der Waals surface area contributed by atoms with Gasteiger partial charge in [-0.2, -0.15) is 0 Å². The second kappa shape index (κ2) is 10.6. The van der Waals surface area contributed by atoms with E-state index in [9.17, 15) is 0 Å². The number of hydrogen-bond acceptors (Lipinski definition) is 3. The van der Waals surface area contributed by atoms with E-state index >= 15 is 0 Å². The number of furan rings is 1. The van der Waals surface area contributed by atoms with E-state index in [1.54, 1.807) is 0 Å². The summed E-state index contributed by atoms with van der Waals surface area (Å²) in [5.74, 6) is 0.692. The summed E-state index contributed by atoms with van der Waals surface area (Å²) in [4.78, 5) is 10.4. The third kappa shape index (κ3) is 4.22. The Morgan fingerprint density at radius 1 is 0.449 bits per heavy atom. The van der Waals surface area contributed by atoms with Gasteiger partial charge in [0.25, 0.3) is 0 Å². The number of benzene rings is 7. The van der Waals surface area contributed by atoms with Crippen LogP contribution < -0.4 is 0 Å². The first-order chi connectivity index (χ1) is 24.1. The Morgan fingerprint density at radius 3 is 1.90 bits per heavy atom. The van der Waals surface area contributed by atoms with Gasteiger partial charge >= 0.3 is 0 Å². The number of aromatic nitrogens is 2. The minimum absolute atomic E-state index is 0.284. The molecule has 2 heterocycles. The summed E-state index contributed by atoms with van der Waals surface area (Å²) in [7, 11) is 0. The molecule has 0 spiro atoms. The van der Waals surface area contributed by atoms with Crippen molar-refractivity contribution in [2.45, 2.75) is 12.3 Å². The smallest absolute Gasteiger partial charge is 0.160 e. The summed E-state index contributed by atoms with van der Waals surface area (Å²) < 4.78 is 6.54. The van der Waals surface area contributed by atoms with Crippen molar-refractivity contribution in [3.05, 3.63) is 180 Å². The van der Waals surface area contributed by atoms with Gasteiger partial charge in [0.15, 0.2) is 5.82 Å². The fraction of sp³-hybridized carbons (Fsp3) is 0.0435. The van der Waals surface area contributed by atoms with Gasteiger partial charge in [0, 0.05) is 32.7 Å². The highest BCUT2D eigenvalue weighted by Crippen LogP contribution is 2.54. The Hall–Kier alpha value is -6.32. The maximum atomic E-state index is 6.54. The molecule has 1 aliphatic rings. The van der Waals surface area contributed by atoms with Crippen LogP contribution in [0.15, 0.2) is 168 Å². The van der Waals surface area contributed by atoms with Gasteiger partial charge in [-0.05, 0) is 88.3 Å². The van der Waals surface area contributed by atoms with E-state index in [4.69, 9.17) is 14.4 Å². The van der Waals surface area contributed by atoms with Crippen molar-refractivity contribution >= 4 is 32.8 Å². The van der Waals surface area contributed by atoms with Gasteiger partial charge in [-0.3, -0.25) is 0 Å². The molecule has 3 nitrogen and oxygen atoms in total. The zero-order valence-corrected chi connectivity index (χ0v) is 26.9. The van der Waals surface area contributed by atoms with Gasteiger partial charge in [0.2, 0.25) is 0 Å². The van der Waals surface area contributed by atoms with Gasteiger partial charge < -0.3 is 4.42 Å². The molecule has 0 amide bonds. The Bertz CT molecular complexity index is 2710. The van der Waals surface area contributed by atoms with Crippen molar-refractivity contribution in [1.82, 2.24) is 9.97 Å². The normalized spacial score (nSPS) is 15.1. The van der Waals surface area contributed by atoms with Crippen LogP contribution in [0.25, 0.3) is 77.7 Å². The first-order valence-corrected chi connectivity index (χ1v) is 16.7. The third-order valence-electron chi connectivity index (χ3n) is 10.4. The van der Waals surface area contributed by atoms with Gasteiger partial charge in [-0.15, -0.1) is 0 Å². The molecule has 1 atom stereocenters. The molecule has 0 aliphatic heterocycles. The van der Waals surface area contributed by atoms with Crippen LogP contribution in [0.1, 0.15) is 23.6 Å². The molecular weight excluding hydrogens is 597 g/mol. The monoisotopic (exact) mass is 626 g/mol. The van der Waals surface area contributed by atoms with Crippen molar-refractivity contribution in [1.29, 1.82) is 0 Å². The minimum Gasteiger partial charge on any atom is -0.456 e. The van der Waals surface area contributed by atoms with Gasteiger partial charge in [0.05, 0.1) is 11.2 Å². The van der Waals surface area contributed by atoms with Gasteiger partial charge in [-0.1, -0.05) is 121 Å². The molecule has 0 saturated heterocycles. The Labute approximate surface area is 284 Å². The van der Waals surface area contributed by atoms with Crippen molar-refractivity contribution in [2.24, 2.45) is 0 Å². The molecule has 49 heavy (non-hydrogen) atoms. The zero-order valence-electron chi connectivity index (χ0n) is 26.9. The maximum Gasteiger partial charge on any atom is 0.160 e. The molecule has 1 unspecified atom stereocenters. The standard InChI is InChI=1S/C46H30N2O/c1-46(33-17-9-4-10-18-33)39-20-12-11-19-34(39)35-28-43-37(27-40(35)46)36-26-32(22-24-42(36)49-43)45-47-41-23-21-31(29-13-5-2-6-14-29)25-38(41)44(48-45)30-15-7-3-8-16-30/h2-28H,1H3. The Kier molecular flexibility index (Phi) is 6.00. The molecule has 0 bridgehead atoms. The highest BCUT2D eigenvalue weighted by molar-refractivity contribution is 6.09. The van der Waals surface area contributed by atoms with Crippen LogP contribution in [0.5, 0.6) is 0 Å². The van der Waals surface area contributed by atoms with Crippen LogP contribution in [-0.4, -0.2) is 9.97 Å². The topological polar surface area (TPSA) is 38.9 Å². The van der Waals surface area contributed by atoms with E-state index in [1.165, 1.54) is 33.4 Å². The van der Waals surface area contributed by atoms with Gasteiger partial charge in [0.1, 0.15) is 11.2 Å². The molecule has 10 rings (SSSR count). The molecule has 2 aromatic heterocycles. The lowest BCUT2D eigenvalue weighted by Gasteiger charge is -2.28. The highest BCUT2D eigenvalue weighted by Gasteiger charge is 2.41. The van der Waals surface area contributed by atoms with Crippen LogP contribution >= 0.6 is 0 Å². The molecule has 0 fully saturated rings. The Morgan fingerprint density at radius 2 is 1.10 bits per heavy atom. The third-order valence-corrected chi connectivity index (χ3v) is 10.4. The fourth-order valence-electron chi connectivity index (χ4n) is 7.86. The quantitative estimate of drug-likeness (QED) is 0.195. The highest BCUT2D eigenvalue weighted by atomic mass is 16.3. The van der Waals surface area contributed by atoms with Crippen LogP contribution in [0, 0.1) is 0 Å².